The average molecular weight is 511 g/mol. The topological polar surface area (TPSA) is 104 Å². The molecule has 0 saturated carbocycles. The SMILES string of the molecule is C[NH2+]/C=C(\C=N)c1cc(O[C@@H]2CCN(C)C[C@H]2F)c2c(Nc3ccc4ncsc4c3F)ncnc2c1. The number of thiazole rings is 1. The summed E-state index contributed by atoms with van der Waals surface area (Å²) in [5, 5.41) is 13.3. The number of hydrogen-bond donors (Lipinski definition) is 3. The van der Waals surface area contributed by atoms with Crippen LogP contribution in [0.3, 0.4) is 0 Å². The molecule has 1 saturated heterocycles. The smallest absolute Gasteiger partial charge is 0.166 e. The average Bonchev–Trinajstić information content (AvgIpc) is 3.35. The van der Waals surface area contributed by atoms with E-state index in [1.807, 2.05) is 36.6 Å². The molecular formula is C25H26F2N7OS+. The number of anilines is 2. The number of rotatable bonds is 7. The molecule has 0 spiro atoms. The van der Waals surface area contributed by atoms with Gasteiger partial charge in [0.2, 0.25) is 0 Å². The molecule has 2 aromatic heterocycles. The lowest BCUT2D eigenvalue weighted by atomic mass is 10.0. The Morgan fingerprint density at radius 2 is 2.14 bits per heavy atom. The Morgan fingerprint density at radius 3 is 2.92 bits per heavy atom. The fraction of sp³-hybridized carbons (Fsp3) is 0.280. The number of hydrogen-bond acceptors (Lipinski definition) is 8. The molecule has 1 fully saturated rings. The van der Waals surface area contributed by atoms with Gasteiger partial charge in [-0.15, -0.1) is 11.3 Å². The van der Waals surface area contributed by atoms with Crippen molar-refractivity contribution < 1.29 is 18.8 Å². The fourth-order valence-corrected chi connectivity index (χ4v) is 5.09. The van der Waals surface area contributed by atoms with E-state index in [2.05, 4.69) is 20.3 Å². The van der Waals surface area contributed by atoms with Gasteiger partial charge in [-0.05, 0) is 43.3 Å². The van der Waals surface area contributed by atoms with Crippen LogP contribution in [-0.2, 0) is 0 Å². The fourth-order valence-electron chi connectivity index (χ4n) is 4.37. The molecule has 1 aliphatic rings. The molecule has 1 aliphatic heterocycles. The van der Waals surface area contributed by atoms with Crippen LogP contribution in [0.25, 0.3) is 26.7 Å². The van der Waals surface area contributed by atoms with Gasteiger partial charge in [0.15, 0.2) is 5.82 Å². The summed E-state index contributed by atoms with van der Waals surface area (Å²) in [6.07, 6.45) is 3.14. The van der Waals surface area contributed by atoms with Crippen LogP contribution >= 0.6 is 11.3 Å². The molecule has 8 nitrogen and oxygen atoms in total. The molecule has 2 aromatic carbocycles. The van der Waals surface area contributed by atoms with Gasteiger partial charge in [-0.25, -0.2) is 23.7 Å². The molecule has 186 valence electrons. The van der Waals surface area contributed by atoms with Crippen molar-refractivity contribution in [1.82, 2.24) is 19.9 Å². The predicted molar refractivity (Wildman–Crippen MR) is 138 cm³/mol. The summed E-state index contributed by atoms with van der Waals surface area (Å²) in [5.74, 6) is 0.300. The zero-order valence-electron chi connectivity index (χ0n) is 19.8. The van der Waals surface area contributed by atoms with E-state index in [0.29, 0.717) is 56.8 Å². The highest BCUT2D eigenvalue weighted by Gasteiger charge is 2.30. The van der Waals surface area contributed by atoms with E-state index in [0.717, 1.165) is 0 Å². The molecule has 4 aromatic rings. The van der Waals surface area contributed by atoms with Crippen molar-refractivity contribution in [3.63, 3.8) is 0 Å². The van der Waals surface area contributed by atoms with Crippen molar-refractivity contribution in [2.45, 2.75) is 18.7 Å². The lowest BCUT2D eigenvalue weighted by Crippen LogP contribution is -2.72. The van der Waals surface area contributed by atoms with Crippen LogP contribution in [0.1, 0.15) is 12.0 Å². The Bertz CT molecular complexity index is 1460. The second-order valence-corrected chi connectivity index (χ2v) is 9.52. The van der Waals surface area contributed by atoms with Crippen molar-refractivity contribution in [2.24, 2.45) is 0 Å². The summed E-state index contributed by atoms with van der Waals surface area (Å²) in [6.45, 7) is 0.987. The van der Waals surface area contributed by atoms with Gasteiger partial charge in [-0.1, -0.05) is 0 Å². The first-order valence-corrected chi connectivity index (χ1v) is 12.4. The molecule has 4 N–H and O–H groups in total. The molecule has 36 heavy (non-hydrogen) atoms. The maximum atomic E-state index is 15.2. The minimum atomic E-state index is -1.17. The number of nitrogens with zero attached hydrogens (tertiary/aromatic N) is 4. The second kappa shape index (κ2) is 10.2. The third-order valence-electron chi connectivity index (χ3n) is 6.19. The summed E-state index contributed by atoms with van der Waals surface area (Å²) >= 11 is 1.22. The Balaban J connectivity index is 1.63. The Morgan fingerprint density at radius 1 is 1.28 bits per heavy atom. The zero-order chi connectivity index (χ0) is 25.2. The van der Waals surface area contributed by atoms with Crippen molar-refractivity contribution in [2.75, 3.05) is 32.5 Å². The van der Waals surface area contributed by atoms with Crippen LogP contribution in [0.5, 0.6) is 5.75 Å². The van der Waals surface area contributed by atoms with Gasteiger partial charge in [0.05, 0.1) is 44.9 Å². The first-order valence-electron chi connectivity index (χ1n) is 11.6. The van der Waals surface area contributed by atoms with Crippen molar-refractivity contribution in [3.8, 4) is 5.75 Å². The monoisotopic (exact) mass is 510 g/mol. The van der Waals surface area contributed by atoms with Gasteiger partial charge >= 0.3 is 0 Å². The molecule has 0 amide bonds. The van der Waals surface area contributed by atoms with Gasteiger partial charge in [-0.3, -0.25) is 0 Å². The summed E-state index contributed by atoms with van der Waals surface area (Å²) in [7, 11) is 3.75. The number of fused-ring (bicyclic) bond motifs is 2. The number of nitrogens with two attached hydrogens (primary N) is 1. The maximum Gasteiger partial charge on any atom is 0.166 e. The Kier molecular flexibility index (Phi) is 6.86. The standard InChI is InChI=1S/C25H25F2N7OS/c1-29-10-15(9-28)14-7-19-22(21(8-14)35-20-5-6-34(2)11-16(20)26)25(31-12-30-19)33-17-3-4-18-24(23(17)27)36-13-32-18/h3-4,7-10,12-13,16,20,28-29H,5-6,11H2,1-2H3,(H,30,31,33)/p+1/b15-10+,28-9?/t16-,20-/m1/s1. The molecule has 3 heterocycles. The van der Waals surface area contributed by atoms with Gasteiger partial charge < -0.3 is 25.7 Å². The van der Waals surface area contributed by atoms with Gasteiger partial charge in [0.1, 0.15) is 36.4 Å². The van der Waals surface area contributed by atoms with Crippen LogP contribution in [0.2, 0.25) is 0 Å². The number of quaternary nitrogens is 1. The molecule has 11 heteroatoms. The van der Waals surface area contributed by atoms with E-state index in [9.17, 15) is 4.39 Å². The Labute approximate surface area is 210 Å². The number of likely N-dealkylation sites (tertiary alicyclic amines) is 1. The largest absolute Gasteiger partial charge is 0.486 e. The highest BCUT2D eigenvalue weighted by molar-refractivity contribution is 7.16. The number of alkyl halides is 1. The summed E-state index contributed by atoms with van der Waals surface area (Å²) in [4.78, 5) is 14.9. The first-order chi connectivity index (χ1) is 17.5. The number of allylic oxidation sites excluding steroid dienone is 1. The van der Waals surface area contributed by atoms with E-state index < -0.39 is 18.1 Å². The zero-order valence-corrected chi connectivity index (χ0v) is 20.6. The lowest BCUT2D eigenvalue weighted by molar-refractivity contribution is -0.555. The van der Waals surface area contributed by atoms with Gasteiger partial charge in [0.25, 0.3) is 0 Å². The summed E-state index contributed by atoms with van der Waals surface area (Å²) < 4.78 is 36.8. The van der Waals surface area contributed by atoms with E-state index in [1.54, 1.807) is 23.7 Å². The minimum Gasteiger partial charge on any atom is -0.486 e. The molecule has 0 bridgehead atoms. The quantitative estimate of drug-likeness (QED) is 0.328. The minimum absolute atomic E-state index is 0.241. The summed E-state index contributed by atoms with van der Waals surface area (Å²) in [5.41, 5.74) is 4.31. The van der Waals surface area contributed by atoms with Crippen LogP contribution < -0.4 is 15.4 Å². The van der Waals surface area contributed by atoms with E-state index >= 15 is 4.39 Å². The molecule has 0 radical (unpaired) electrons. The highest BCUT2D eigenvalue weighted by Crippen LogP contribution is 2.37. The molecular weight excluding hydrogens is 484 g/mol. The first kappa shape index (κ1) is 24.2. The third-order valence-corrected chi connectivity index (χ3v) is 7.03. The second-order valence-electron chi connectivity index (χ2n) is 8.67. The normalized spacial score (nSPS) is 19.1. The Hall–Kier alpha value is -3.54. The number of aromatic nitrogens is 3. The van der Waals surface area contributed by atoms with Crippen LogP contribution in [0.4, 0.5) is 20.3 Å². The lowest BCUT2D eigenvalue weighted by Gasteiger charge is -2.32. The number of benzene rings is 2. The van der Waals surface area contributed by atoms with E-state index in [4.69, 9.17) is 10.1 Å². The number of halogens is 2. The molecule has 5 rings (SSSR count). The van der Waals surface area contributed by atoms with Gasteiger partial charge in [-0.2, -0.15) is 0 Å². The number of piperidine rings is 1. The van der Waals surface area contributed by atoms with Crippen LogP contribution in [0, 0.1) is 11.2 Å². The third kappa shape index (κ3) is 4.64. The maximum absolute atomic E-state index is 15.2. The molecule has 0 aliphatic carbocycles. The number of ether oxygens (including phenoxy) is 1. The van der Waals surface area contributed by atoms with Gasteiger partial charge in [0, 0.05) is 19.3 Å². The van der Waals surface area contributed by atoms with Crippen LogP contribution in [0.15, 0.2) is 42.3 Å². The molecule has 2 atom stereocenters. The van der Waals surface area contributed by atoms with Crippen molar-refractivity contribution >= 4 is 55.7 Å². The predicted octanol–water partition coefficient (Wildman–Crippen LogP) is 3.73. The van der Waals surface area contributed by atoms with Crippen LogP contribution in [-0.4, -0.2) is 65.5 Å². The van der Waals surface area contributed by atoms with Crippen molar-refractivity contribution in [1.29, 1.82) is 5.41 Å². The number of nitrogens with one attached hydrogen (secondary N) is 2. The highest BCUT2D eigenvalue weighted by atomic mass is 32.1. The van der Waals surface area contributed by atoms with E-state index in [-0.39, 0.29) is 12.2 Å². The van der Waals surface area contributed by atoms with Crippen molar-refractivity contribution in [3.05, 3.63) is 53.7 Å². The molecule has 0 unspecified atom stereocenters. The van der Waals surface area contributed by atoms with E-state index in [1.165, 1.54) is 23.9 Å². The summed E-state index contributed by atoms with van der Waals surface area (Å²) in [6, 6.07) is 6.94.